The van der Waals surface area contributed by atoms with Crippen LogP contribution in [0.1, 0.15) is 38.8 Å². The lowest BCUT2D eigenvalue weighted by molar-refractivity contribution is -0.122. The van der Waals surface area contributed by atoms with Crippen molar-refractivity contribution in [3.63, 3.8) is 0 Å². The first-order chi connectivity index (χ1) is 14.9. The largest absolute Gasteiger partial charge is 0.352 e. The molecule has 0 saturated heterocycles. The van der Waals surface area contributed by atoms with Gasteiger partial charge in [0.1, 0.15) is 0 Å². The van der Waals surface area contributed by atoms with Gasteiger partial charge >= 0.3 is 0 Å². The van der Waals surface area contributed by atoms with Crippen LogP contribution in [0.15, 0.2) is 92.8 Å². The van der Waals surface area contributed by atoms with Crippen molar-refractivity contribution < 1.29 is 4.79 Å². The molecule has 160 valence electrons. The Morgan fingerprint density at radius 1 is 1.16 bits per heavy atom. The summed E-state index contributed by atoms with van der Waals surface area (Å²) in [5, 5.41) is 3.65. The van der Waals surface area contributed by atoms with Crippen LogP contribution in [0.3, 0.4) is 0 Å². The molecule has 0 saturated carbocycles. The van der Waals surface area contributed by atoms with Crippen LogP contribution < -0.4 is 5.32 Å². The fraction of sp³-hybridized carbons (Fsp3) is 0.231. The highest BCUT2D eigenvalue weighted by Gasteiger charge is 2.19. The van der Waals surface area contributed by atoms with E-state index in [4.69, 9.17) is 16.6 Å². The minimum absolute atomic E-state index is 0.00924. The molecular weight excluding hydrogens is 424 g/mol. The minimum Gasteiger partial charge on any atom is -0.352 e. The molecule has 3 nitrogen and oxygen atoms in total. The first kappa shape index (κ1) is 23.1. The van der Waals surface area contributed by atoms with Crippen LogP contribution in [-0.2, 0) is 4.79 Å². The molecule has 2 aromatic carbocycles. The maximum Gasteiger partial charge on any atom is 0.226 e. The van der Waals surface area contributed by atoms with Gasteiger partial charge in [-0.05, 0) is 39.0 Å². The first-order valence-electron chi connectivity index (χ1n) is 10.3. The Labute approximate surface area is 194 Å². The summed E-state index contributed by atoms with van der Waals surface area (Å²) in [6.45, 7) is 8.45. The minimum atomic E-state index is -0.240. The van der Waals surface area contributed by atoms with Gasteiger partial charge in [0, 0.05) is 32.5 Å². The summed E-state index contributed by atoms with van der Waals surface area (Å²) < 4.78 is 0. The van der Waals surface area contributed by atoms with Crippen molar-refractivity contribution in [3.05, 3.63) is 99.1 Å². The Balaban J connectivity index is 1.92. The normalized spacial score (nSPS) is 15.4. The molecule has 5 heteroatoms. The van der Waals surface area contributed by atoms with Crippen molar-refractivity contribution in [2.24, 2.45) is 10.9 Å². The van der Waals surface area contributed by atoms with E-state index < -0.39 is 0 Å². The van der Waals surface area contributed by atoms with E-state index >= 15 is 0 Å². The lowest BCUT2D eigenvalue weighted by Crippen LogP contribution is -2.29. The quantitative estimate of drug-likeness (QED) is 0.492. The van der Waals surface area contributed by atoms with E-state index in [-0.39, 0.29) is 11.8 Å². The predicted octanol–water partition coefficient (Wildman–Crippen LogP) is 6.79. The zero-order chi connectivity index (χ0) is 22.4. The SMILES string of the molecule is C/C=C(\C)CNC(=O)C(C)/C=C\C1=C(C)N=C(c2ccccc2Cl)c2ccccc2S1. The summed E-state index contributed by atoms with van der Waals surface area (Å²) in [6, 6.07) is 16.0. The van der Waals surface area contributed by atoms with Crippen LogP contribution in [0.25, 0.3) is 0 Å². The number of carbonyl (C=O) groups excluding carboxylic acids is 1. The number of fused-ring (bicyclic) bond motifs is 1. The molecule has 1 aliphatic rings. The van der Waals surface area contributed by atoms with Crippen LogP contribution in [0, 0.1) is 5.92 Å². The van der Waals surface area contributed by atoms with Crippen molar-refractivity contribution in [2.75, 3.05) is 6.54 Å². The van der Waals surface area contributed by atoms with Gasteiger partial charge in [0.05, 0.1) is 17.3 Å². The molecule has 1 unspecified atom stereocenters. The van der Waals surface area contributed by atoms with E-state index in [1.807, 2.05) is 82.3 Å². The van der Waals surface area contributed by atoms with Crippen molar-refractivity contribution in [3.8, 4) is 0 Å². The molecule has 2 aromatic rings. The fourth-order valence-electron chi connectivity index (χ4n) is 3.05. The first-order valence-corrected chi connectivity index (χ1v) is 11.5. The molecule has 1 heterocycles. The summed E-state index contributed by atoms with van der Waals surface area (Å²) in [4.78, 5) is 19.5. The Bertz CT molecular complexity index is 1100. The average Bonchev–Trinajstić information content (AvgIpc) is 2.92. The Morgan fingerprint density at radius 3 is 2.55 bits per heavy atom. The highest BCUT2D eigenvalue weighted by atomic mass is 35.5. The lowest BCUT2D eigenvalue weighted by atomic mass is 10.0. The van der Waals surface area contributed by atoms with Gasteiger partial charge < -0.3 is 5.32 Å². The summed E-state index contributed by atoms with van der Waals surface area (Å²) in [7, 11) is 0. The lowest BCUT2D eigenvalue weighted by Gasteiger charge is -2.11. The number of rotatable bonds is 6. The second kappa shape index (κ2) is 10.7. The number of carbonyl (C=O) groups is 1. The number of halogens is 1. The van der Waals surface area contributed by atoms with E-state index in [9.17, 15) is 4.79 Å². The Kier molecular flexibility index (Phi) is 7.94. The molecule has 0 spiro atoms. The third-order valence-corrected chi connectivity index (χ3v) is 6.67. The van der Waals surface area contributed by atoms with Gasteiger partial charge in [-0.3, -0.25) is 9.79 Å². The maximum absolute atomic E-state index is 12.4. The zero-order valence-corrected chi connectivity index (χ0v) is 19.8. The van der Waals surface area contributed by atoms with Crippen molar-refractivity contribution in [2.45, 2.75) is 32.6 Å². The van der Waals surface area contributed by atoms with Gasteiger partial charge in [0.2, 0.25) is 5.91 Å². The van der Waals surface area contributed by atoms with Crippen LogP contribution in [0.2, 0.25) is 5.02 Å². The molecule has 31 heavy (non-hydrogen) atoms. The highest BCUT2D eigenvalue weighted by Crippen LogP contribution is 2.38. The topological polar surface area (TPSA) is 41.5 Å². The number of nitrogens with zero attached hydrogens (tertiary/aromatic N) is 1. The van der Waals surface area contributed by atoms with Crippen LogP contribution in [-0.4, -0.2) is 18.2 Å². The van der Waals surface area contributed by atoms with E-state index in [1.165, 1.54) is 0 Å². The third kappa shape index (κ3) is 5.78. The van der Waals surface area contributed by atoms with Gasteiger partial charge in [-0.15, -0.1) is 0 Å². The second-order valence-electron chi connectivity index (χ2n) is 7.49. The van der Waals surface area contributed by atoms with E-state index in [1.54, 1.807) is 11.8 Å². The molecule has 0 aromatic heterocycles. The molecule has 0 aliphatic carbocycles. The molecule has 0 fully saturated rings. The van der Waals surface area contributed by atoms with Crippen molar-refractivity contribution in [1.82, 2.24) is 5.32 Å². The highest BCUT2D eigenvalue weighted by molar-refractivity contribution is 8.03. The smallest absolute Gasteiger partial charge is 0.226 e. The standard InChI is InChI=1S/C26H27ClN2OS/c1-5-17(2)16-28-26(30)18(3)14-15-23-19(4)29-25(20-10-6-8-12-22(20)27)21-11-7-9-13-24(21)31-23/h5-15,18H,16H2,1-4H3,(H,28,30)/b15-14-,17-5+. The molecule has 1 amide bonds. The third-order valence-electron chi connectivity index (χ3n) is 5.11. The number of hydrogen-bond acceptors (Lipinski definition) is 3. The number of aliphatic imine (C=N–C) groups is 1. The number of hydrogen-bond donors (Lipinski definition) is 1. The number of thioether (sulfide) groups is 1. The number of benzene rings is 2. The zero-order valence-electron chi connectivity index (χ0n) is 18.3. The fourth-order valence-corrected chi connectivity index (χ4v) is 4.27. The molecule has 1 atom stereocenters. The Morgan fingerprint density at radius 2 is 1.84 bits per heavy atom. The van der Waals surface area contributed by atoms with Gasteiger partial charge in [-0.2, -0.15) is 0 Å². The molecule has 3 rings (SSSR count). The summed E-state index contributed by atoms with van der Waals surface area (Å²) in [6.07, 6.45) is 5.94. The molecule has 1 N–H and O–H groups in total. The molecule has 0 bridgehead atoms. The van der Waals surface area contributed by atoms with Gasteiger partial charge in [-0.25, -0.2) is 0 Å². The van der Waals surface area contributed by atoms with Crippen molar-refractivity contribution in [1.29, 1.82) is 0 Å². The maximum atomic E-state index is 12.4. The number of amides is 1. The van der Waals surface area contributed by atoms with E-state index in [0.717, 1.165) is 37.9 Å². The number of allylic oxidation sites excluding steroid dienone is 3. The van der Waals surface area contributed by atoms with Crippen LogP contribution in [0.5, 0.6) is 0 Å². The molecule has 1 aliphatic heterocycles. The molecule has 0 radical (unpaired) electrons. The van der Waals surface area contributed by atoms with Gasteiger partial charge in [0.15, 0.2) is 0 Å². The van der Waals surface area contributed by atoms with Gasteiger partial charge in [0.25, 0.3) is 0 Å². The summed E-state index contributed by atoms with van der Waals surface area (Å²) in [5.41, 5.74) is 4.86. The number of nitrogens with one attached hydrogen (secondary N) is 1. The van der Waals surface area contributed by atoms with Crippen molar-refractivity contribution >= 4 is 35.0 Å². The Hall–Kier alpha value is -2.56. The van der Waals surface area contributed by atoms with E-state index in [2.05, 4.69) is 17.4 Å². The summed E-state index contributed by atoms with van der Waals surface area (Å²) >= 11 is 8.16. The van der Waals surface area contributed by atoms with Crippen LogP contribution in [0.4, 0.5) is 0 Å². The second-order valence-corrected chi connectivity index (χ2v) is 8.98. The van der Waals surface area contributed by atoms with E-state index in [0.29, 0.717) is 11.6 Å². The monoisotopic (exact) mass is 450 g/mol. The average molecular weight is 451 g/mol. The summed E-state index contributed by atoms with van der Waals surface area (Å²) in [5.74, 6) is -0.231. The predicted molar refractivity (Wildman–Crippen MR) is 133 cm³/mol. The van der Waals surface area contributed by atoms with Gasteiger partial charge in [-0.1, -0.05) is 84.4 Å². The molecular formula is C26H27ClN2OS. The van der Waals surface area contributed by atoms with Crippen LogP contribution >= 0.6 is 23.4 Å².